The van der Waals surface area contributed by atoms with Gasteiger partial charge in [-0.15, -0.1) is 0 Å². The van der Waals surface area contributed by atoms with E-state index in [9.17, 15) is 0 Å². The molecular formula is C19H28N6O. The Morgan fingerprint density at radius 1 is 1.12 bits per heavy atom. The lowest BCUT2D eigenvalue weighted by molar-refractivity contribution is 0.150. The third-order valence-corrected chi connectivity index (χ3v) is 5.48. The molecule has 2 aromatic rings. The molecule has 1 aliphatic heterocycles. The number of nitrogens with one attached hydrogen (secondary N) is 1. The number of rotatable bonds is 5. The lowest BCUT2D eigenvalue weighted by atomic mass is 9.94. The molecule has 0 atom stereocenters. The van der Waals surface area contributed by atoms with E-state index >= 15 is 0 Å². The van der Waals surface area contributed by atoms with Crippen molar-refractivity contribution in [3.8, 4) is 5.75 Å². The highest BCUT2D eigenvalue weighted by molar-refractivity contribution is 5.28. The van der Waals surface area contributed by atoms with Crippen LogP contribution in [-0.2, 0) is 19.6 Å². The molecule has 0 unspecified atom stereocenters. The second-order valence-electron chi connectivity index (χ2n) is 7.27. The quantitative estimate of drug-likeness (QED) is 0.888. The number of fused-ring (bicyclic) bond motifs is 1. The fraction of sp³-hybridized carbons (Fsp3) is 0.632. The van der Waals surface area contributed by atoms with Crippen molar-refractivity contribution in [3.63, 3.8) is 0 Å². The summed E-state index contributed by atoms with van der Waals surface area (Å²) in [6.45, 7) is 3.87. The normalized spacial score (nSPS) is 19.0. The van der Waals surface area contributed by atoms with E-state index in [1.54, 1.807) is 19.5 Å². The molecule has 26 heavy (non-hydrogen) atoms. The number of anilines is 1. The van der Waals surface area contributed by atoms with Crippen LogP contribution in [0.3, 0.4) is 0 Å². The van der Waals surface area contributed by atoms with E-state index in [0.717, 1.165) is 24.8 Å². The second kappa shape index (κ2) is 8.03. The number of nitrogens with zero attached hydrogens (tertiary/aromatic N) is 5. The summed E-state index contributed by atoms with van der Waals surface area (Å²) >= 11 is 0. The number of hydrogen-bond donors (Lipinski definition) is 1. The fourth-order valence-corrected chi connectivity index (χ4v) is 4.07. The minimum absolute atomic E-state index is 0.595. The Hall–Kier alpha value is -2.15. The van der Waals surface area contributed by atoms with E-state index in [4.69, 9.17) is 9.84 Å². The van der Waals surface area contributed by atoms with Gasteiger partial charge in [-0.3, -0.25) is 9.58 Å². The molecule has 2 aliphatic rings. The van der Waals surface area contributed by atoms with Crippen molar-refractivity contribution in [2.45, 2.75) is 64.2 Å². The molecule has 2 aromatic heterocycles. The van der Waals surface area contributed by atoms with Gasteiger partial charge in [0.1, 0.15) is 0 Å². The first-order valence-corrected chi connectivity index (χ1v) is 9.71. The summed E-state index contributed by atoms with van der Waals surface area (Å²) in [5, 5.41) is 8.03. The summed E-state index contributed by atoms with van der Waals surface area (Å²) < 4.78 is 7.27. The molecule has 7 heteroatoms. The Bertz CT molecular complexity index is 707. The zero-order valence-electron chi connectivity index (χ0n) is 15.5. The van der Waals surface area contributed by atoms with E-state index < -0.39 is 0 Å². The molecule has 0 spiro atoms. The summed E-state index contributed by atoms with van der Waals surface area (Å²) in [6, 6.07) is 3.00. The number of hydrogen-bond acceptors (Lipinski definition) is 6. The zero-order chi connectivity index (χ0) is 17.8. The Kier molecular flexibility index (Phi) is 5.34. The average Bonchev–Trinajstić information content (AvgIpc) is 2.97. The highest BCUT2D eigenvalue weighted by Gasteiger charge is 2.24. The SMILES string of the molecule is COc1cnc(NCc2cc3n(n2)CCCN(C2CCCCC2)C3)nc1. The molecule has 1 fully saturated rings. The second-order valence-corrected chi connectivity index (χ2v) is 7.27. The molecule has 0 aromatic carbocycles. The van der Waals surface area contributed by atoms with Crippen molar-refractivity contribution in [2.75, 3.05) is 19.0 Å². The van der Waals surface area contributed by atoms with Gasteiger partial charge in [-0.1, -0.05) is 19.3 Å². The average molecular weight is 356 g/mol. The molecule has 1 aliphatic carbocycles. The van der Waals surface area contributed by atoms with Crippen LogP contribution in [0.1, 0.15) is 49.9 Å². The minimum atomic E-state index is 0.595. The number of methoxy groups -OCH3 is 1. The summed E-state index contributed by atoms with van der Waals surface area (Å²) in [5.74, 6) is 1.25. The summed E-state index contributed by atoms with van der Waals surface area (Å²) in [7, 11) is 1.61. The Labute approximate surface area is 154 Å². The molecule has 0 radical (unpaired) electrons. The lowest BCUT2D eigenvalue weighted by Gasteiger charge is -2.33. The zero-order valence-corrected chi connectivity index (χ0v) is 15.5. The van der Waals surface area contributed by atoms with Crippen LogP contribution in [0.25, 0.3) is 0 Å². The third kappa shape index (κ3) is 3.98. The maximum atomic E-state index is 5.09. The first kappa shape index (κ1) is 17.3. The monoisotopic (exact) mass is 356 g/mol. The number of ether oxygens (including phenoxy) is 1. The van der Waals surface area contributed by atoms with Crippen molar-refractivity contribution < 1.29 is 4.74 Å². The molecule has 0 amide bonds. The van der Waals surface area contributed by atoms with Crippen molar-refractivity contribution in [2.24, 2.45) is 0 Å². The largest absolute Gasteiger partial charge is 0.494 e. The molecule has 0 bridgehead atoms. The molecule has 0 saturated heterocycles. The molecule has 3 heterocycles. The van der Waals surface area contributed by atoms with Crippen LogP contribution in [0.2, 0.25) is 0 Å². The molecule has 7 nitrogen and oxygen atoms in total. The lowest BCUT2D eigenvalue weighted by Crippen LogP contribution is -2.36. The maximum absolute atomic E-state index is 5.09. The topological polar surface area (TPSA) is 68.1 Å². The third-order valence-electron chi connectivity index (χ3n) is 5.48. The van der Waals surface area contributed by atoms with Crippen molar-refractivity contribution >= 4 is 5.95 Å². The predicted octanol–water partition coefficient (Wildman–Crippen LogP) is 2.83. The van der Waals surface area contributed by atoms with Gasteiger partial charge in [-0.2, -0.15) is 5.10 Å². The van der Waals surface area contributed by atoms with Gasteiger partial charge in [0, 0.05) is 25.7 Å². The van der Waals surface area contributed by atoms with Crippen LogP contribution in [0.5, 0.6) is 5.75 Å². The van der Waals surface area contributed by atoms with E-state index in [2.05, 4.69) is 30.9 Å². The molecule has 1 saturated carbocycles. The number of aryl methyl sites for hydroxylation is 1. The Balaban J connectivity index is 1.39. The smallest absolute Gasteiger partial charge is 0.223 e. The van der Waals surface area contributed by atoms with Crippen molar-refractivity contribution in [3.05, 3.63) is 29.8 Å². The van der Waals surface area contributed by atoms with Crippen LogP contribution < -0.4 is 10.1 Å². The Morgan fingerprint density at radius 2 is 1.92 bits per heavy atom. The minimum Gasteiger partial charge on any atom is -0.494 e. The van der Waals surface area contributed by atoms with Crippen LogP contribution >= 0.6 is 0 Å². The van der Waals surface area contributed by atoms with Crippen molar-refractivity contribution in [1.82, 2.24) is 24.6 Å². The van der Waals surface area contributed by atoms with Gasteiger partial charge < -0.3 is 10.1 Å². The van der Waals surface area contributed by atoms with Crippen LogP contribution in [0.15, 0.2) is 18.5 Å². The van der Waals surface area contributed by atoms with Gasteiger partial charge in [-0.25, -0.2) is 9.97 Å². The van der Waals surface area contributed by atoms with Crippen LogP contribution in [-0.4, -0.2) is 44.3 Å². The van der Waals surface area contributed by atoms with Crippen LogP contribution in [0.4, 0.5) is 5.95 Å². The maximum Gasteiger partial charge on any atom is 0.223 e. The highest BCUT2D eigenvalue weighted by Crippen LogP contribution is 2.26. The van der Waals surface area contributed by atoms with Crippen molar-refractivity contribution in [1.29, 1.82) is 0 Å². The van der Waals surface area contributed by atoms with E-state index in [-0.39, 0.29) is 0 Å². The highest BCUT2D eigenvalue weighted by atomic mass is 16.5. The molecule has 140 valence electrons. The van der Waals surface area contributed by atoms with Gasteiger partial charge in [0.15, 0.2) is 5.75 Å². The standard InChI is InChI=1S/C19H28N6O/c1-26-18-12-21-19(22-13-18)20-11-15-10-17-14-24(8-5-9-25(17)23-15)16-6-3-2-4-7-16/h10,12-13,16H,2-9,11,14H2,1H3,(H,20,21,22). The van der Waals surface area contributed by atoms with E-state index in [1.807, 2.05) is 0 Å². The van der Waals surface area contributed by atoms with Gasteiger partial charge >= 0.3 is 0 Å². The predicted molar refractivity (Wildman–Crippen MR) is 100 cm³/mol. The molecular weight excluding hydrogens is 328 g/mol. The van der Waals surface area contributed by atoms with Gasteiger partial charge in [0.25, 0.3) is 0 Å². The first-order chi connectivity index (χ1) is 12.8. The summed E-state index contributed by atoms with van der Waals surface area (Å²) in [6.07, 6.45) is 11.4. The Morgan fingerprint density at radius 3 is 2.69 bits per heavy atom. The van der Waals surface area contributed by atoms with E-state index in [1.165, 1.54) is 50.8 Å². The van der Waals surface area contributed by atoms with E-state index in [0.29, 0.717) is 18.2 Å². The van der Waals surface area contributed by atoms with Gasteiger partial charge in [-0.05, 0) is 25.3 Å². The summed E-state index contributed by atoms with van der Waals surface area (Å²) in [4.78, 5) is 11.2. The number of aromatic nitrogens is 4. The molecule has 1 N–H and O–H groups in total. The van der Waals surface area contributed by atoms with Gasteiger partial charge in [0.2, 0.25) is 5.95 Å². The first-order valence-electron chi connectivity index (χ1n) is 9.71. The van der Waals surface area contributed by atoms with Crippen LogP contribution in [0, 0.1) is 0 Å². The van der Waals surface area contributed by atoms with Gasteiger partial charge in [0.05, 0.1) is 37.4 Å². The summed E-state index contributed by atoms with van der Waals surface area (Å²) in [5.41, 5.74) is 2.38. The molecule has 4 rings (SSSR count). The fourth-order valence-electron chi connectivity index (χ4n) is 4.07.